The molecule has 5 nitrogen and oxygen atoms in total. The maximum atomic E-state index is 11.4. The van der Waals surface area contributed by atoms with Crippen LogP contribution in [0.25, 0.3) is 5.13 Å². The van der Waals surface area contributed by atoms with Crippen LogP contribution in [-0.4, -0.2) is 14.5 Å². The molecule has 2 heterocycles. The van der Waals surface area contributed by atoms with Crippen molar-refractivity contribution in [2.45, 2.75) is 6.92 Å². The topological polar surface area (TPSA) is 67.8 Å². The second-order valence-electron chi connectivity index (χ2n) is 2.71. The molecule has 0 saturated carbocycles. The highest BCUT2D eigenvalue weighted by atomic mass is 32.1. The Bertz CT molecular complexity index is 538. The summed E-state index contributed by atoms with van der Waals surface area (Å²) in [4.78, 5) is 30.0. The highest BCUT2D eigenvalue weighted by Crippen LogP contribution is 2.12. The summed E-state index contributed by atoms with van der Waals surface area (Å²) in [5.74, 6) is 0. The highest BCUT2D eigenvalue weighted by Gasteiger charge is 2.06. The van der Waals surface area contributed by atoms with Gasteiger partial charge < -0.3 is 4.98 Å². The molecule has 0 atom stereocenters. The lowest BCUT2D eigenvalue weighted by molar-refractivity contribution is 0.866. The van der Waals surface area contributed by atoms with Crippen LogP contribution in [0.2, 0.25) is 0 Å². The van der Waals surface area contributed by atoms with Crippen molar-refractivity contribution in [3.8, 4) is 5.13 Å². The number of nitrogens with zero attached hydrogens (tertiary/aromatic N) is 2. The zero-order valence-electron chi connectivity index (χ0n) is 7.35. The molecule has 0 radical (unpaired) electrons. The molecule has 0 saturated heterocycles. The molecule has 1 N–H and O–H groups in total. The number of rotatable bonds is 1. The number of hydrogen-bond donors (Lipinski definition) is 1. The van der Waals surface area contributed by atoms with Gasteiger partial charge in [-0.05, 0) is 6.92 Å². The molecule has 2 rings (SSSR count). The molecular weight excluding hydrogens is 202 g/mol. The largest absolute Gasteiger partial charge is 0.334 e. The molecule has 0 fully saturated rings. The van der Waals surface area contributed by atoms with Gasteiger partial charge in [0.2, 0.25) is 5.13 Å². The smallest absolute Gasteiger partial charge is 0.314 e. The monoisotopic (exact) mass is 209 g/mol. The zero-order chi connectivity index (χ0) is 10.1. The standard InChI is InChI=1S/C8H7N3O2S/c1-5-4-10-8(14-5)11-6(12)2-3-9-7(11)13/h2-4H,1H3,(H,9,13). The van der Waals surface area contributed by atoms with Gasteiger partial charge in [-0.15, -0.1) is 11.3 Å². The first-order chi connectivity index (χ1) is 6.68. The number of H-pyrrole nitrogens is 1. The Balaban J connectivity index is 2.74. The lowest BCUT2D eigenvalue weighted by atomic mass is 10.6. The van der Waals surface area contributed by atoms with Crippen LogP contribution < -0.4 is 11.2 Å². The summed E-state index contributed by atoms with van der Waals surface area (Å²) in [5.41, 5.74) is -0.838. The number of aromatic nitrogens is 3. The SMILES string of the molecule is Cc1cnc(-n2c(=O)cc[nH]c2=O)s1. The van der Waals surface area contributed by atoms with Crippen LogP contribution >= 0.6 is 11.3 Å². The third-order valence-corrected chi connectivity index (χ3v) is 2.55. The molecule has 0 aliphatic rings. The van der Waals surface area contributed by atoms with E-state index < -0.39 is 5.69 Å². The third-order valence-electron chi connectivity index (χ3n) is 1.66. The lowest BCUT2D eigenvalue weighted by Crippen LogP contribution is -2.32. The minimum absolute atomic E-state index is 0.372. The average Bonchev–Trinajstić information content (AvgIpc) is 2.51. The van der Waals surface area contributed by atoms with Crippen molar-refractivity contribution < 1.29 is 0 Å². The number of aromatic amines is 1. The normalized spacial score (nSPS) is 10.4. The van der Waals surface area contributed by atoms with E-state index in [1.54, 1.807) is 6.20 Å². The van der Waals surface area contributed by atoms with Crippen molar-refractivity contribution in [3.63, 3.8) is 0 Å². The minimum Gasteiger partial charge on any atom is -0.314 e. The van der Waals surface area contributed by atoms with Gasteiger partial charge in [0.05, 0.1) is 0 Å². The Labute approximate surface area is 82.7 Å². The van der Waals surface area contributed by atoms with E-state index in [1.807, 2.05) is 6.92 Å². The van der Waals surface area contributed by atoms with Crippen LogP contribution in [0, 0.1) is 6.92 Å². The molecule has 2 aromatic rings. The van der Waals surface area contributed by atoms with E-state index in [0.717, 1.165) is 9.44 Å². The first kappa shape index (κ1) is 8.89. The van der Waals surface area contributed by atoms with Crippen molar-refractivity contribution in [2.75, 3.05) is 0 Å². The first-order valence-corrected chi connectivity index (χ1v) is 4.73. The number of hydrogen-bond acceptors (Lipinski definition) is 4. The lowest BCUT2D eigenvalue weighted by Gasteiger charge is -1.96. The number of nitrogens with one attached hydrogen (secondary N) is 1. The summed E-state index contributed by atoms with van der Waals surface area (Å²) >= 11 is 1.30. The Morgan fingerprint density at radius 1 is 1.50 bits per heavy atom. The molecule has 0 bridgehead atoms. The molecule has 0 spiro atoms. The fraction of sp³-hybridized carbons (Fsp3) is 0.125. The molecule has 6 heteroatoms. The number of aryl methyl sites for hydroxylation is 1. The Morgan fingerprint density at radius 3 is 2.86 bits per heavy atom. The third kappa shape index (κ3) is 1.39. The second-order valence-corrected chi connectivity index (χ2v) is 3.92. The van der Waals surface area contributed by atoms with Crippen LogP contribution in [0.5, 0.6) is 0 Å². The van der Waals surface area contributed by atoms with Crippen molar-refractivity contribution in [1.82, 2.24) is 14.5 Å². The quantitative estimate of drug-likeness (QED) is 0.734. The first-order valence-electron chi connectivity index (χ1n) is 3.92. The highest BCUT2D eigenvalue weighted by molar-refractivity contribution is 7.13. The Hall–Kier alpha value is -1.69. The number of thiazole rings is 1. The molecule has 0 aliphatic carbocycles. The predicted molar refractivity (Wildman–Crippen MR) is 53.1 cm³/mol. The molecule has 0 aromatic carbocycles. The van der Waals surface area contributed by atoms with Crippen LogP contribution in [0.4, 0.5) is 0 Å². The van der Waals surface area contributed by atoms with E-state index >= 15 is 0 Å². The summed E-state index contributed by atoms with van der Waals surface area (Å²) < 4.78 is 1.01. The molecule has 0 amide bonds. The van der Waals surface area contributed by atoms with Gasteiger partial charge >= 0.3 is 5.69 Å². The van der Waals surface area contributed by atoms with Crippen LogP contribution in [-0.2, 0) is 0 Å². The summed E-state index contributed by atoms with van der Waals surface area (Å²) in [6, 6.07) is 1.29. The van der Waals surface area contributed by atoms with Crippen LogP contribution in [0.15, 0.2) is 28.0 Å². The maximum Gasteiger partial charge on any atom is 0.334 e. The maximum absolute atomic E-state index is 11.4. The van der Waals surface area contributed by atoms with Crippen molar-refractivity contribution in [1.29, 1.82) is 0 Å². The molecule has 0 aliphatic heterocycles. The van der Waals surface area contributed by atoms with Gasteiger partial charge in [0.15, 0.2) is 0 Å². The summed E-state index contributed by atoms with van der Waals surface area (Å²) in [5, 5.41) is 0.398. The minimum atomic E-state index is -0.466. The van der Waals surface area contributed by atoms with E-state index in [1.165, 1.54) is 23.6 Å². The molecule has 0 unspecified atom stereocenters. The van der Waals surface area contributed by atoms with Gasteiger partial charge in [-0.3, -0.25) is 4.79 Å². The molecular formula is C8H7N3O2S. The van der Waals surface area contributed by atoms with Gasteiger partial charge in [-0.25, -0.2) is 14.3 Å². The van der Waals surface area contributed by atoms with Crippen molar-refractivity contribution in [2.24, 2.45) is 0 Å². The van der Waals surface area contributed by atoms with Crippen LogP contribution in [0.3, 0.4) is 0 Å². The van der Waals surface area contributed by atoms with Gasteiger partial charge in [-0.2, -0.15) is 0 Å². The van der Waals surface area contributed by atoms with E-state index in [2.05, 4.69) is 9.97 Å². The summed E-state index contributed by atoms with van der Waals surface area (Å²) in [7, 11) is 0. The van der Waals surface area contributed by atoms with Gasteiger partial charge in [0.1, 0.15) is 0 Å². The Kier molecular flexibility index (Phi) is 2.05. The van der Waals surface area contributed by atoms with E-state index in [4.69, 9.17) is 0 Å². The predicted octanol–water partition coefficient (Wildman–Crippen LogP) is 0.291. The second kappa shape index (κ2) is 3.22. The van der Waals surface area contributed by atoms with Crippen molar-refractivity contribution >= 4 is 11.3 Å². The molecule has 2 aromatic heterocycles. The average molecular weight is 209 g/mol. The van der Waals surface area contributed by atoms with Crippen molar-refractivity contribution in [3.05, 3.63) is 44.2 Å². The molecule has 14 heavy (non-hydrogen) atoms. The van der Waals surface area contributed by atoms with E-state index in [-0.39, 0.29) is 5.56 Å². The van der Waals surface area contributed by atoms with E-state index in [0.29, 0.717) is 5.13 Å². The van der Waals surface area contributed by atoms with Gasteiger partial charge in [0.25, 0.3) is 5.56 Å². The fourth-order valence-electron chi connectivity index (χ4n) is 1.05. The van der Waals surface area contributed by atoms with Crippen LogP contribution in [0.1, 0.15) is 4.88 Å². The molecule has 72 valence electrons. The van der Waals surface area contributed by atoms with Gasteiger partial charge in [-0.1, -0.05) is 0 Å². The van der Waals surface area contributed by atoms with Gasteiger partial charge in [0, 0.05) is 23.3 Å². The summed E-state index contributed by atoms with van der Waals surface area (Å²) in [6.45, 7) is 1.86. The fourth-order valence-corrected chi connectivity index (χ4v) is 1.81. The Morgan fingerprint density at radius 2 is 2.29 bits per heavy atom. The van der Waals surface area contributed by atoms with E-state index in [9.17, 15) is 9.59 Å². The zero-order valence-corrected chi connectivity index (χ0v) is 8.17. The summed E-state index contributed by atoms with van der Waals surface area (Å²) in [6.07, 6.45) is 2.94.